The van der Waals surface area contributed by atoms with E-state index in [2.05, 4.69) is 0 Å². The zero-order valence-corrected chi connectivity index (χ0v) is 19.0. The zero-order valence-electron chi connectivity index (χ0n) is 19.0. The molecule has 0 aliphatic carbocycles. The summed E-state index contributed by atoms with van der Waals surface area (Å²) < 4.78 is 18.4. The Labute approximate surface area is 194 Å². The standard InChI is InChI=1S/C28H30O5/c1-3-19(29)17-31-27-23-12-8-9-13-24(23)28(32-18-20(30)4-2)26-16-22(14-15-25(26)27)33-21-10-6-5-7-11-21/h5-16,19-20,29-30H,3-4,17-18H2,1-2H3. The van der Waals surface area contributed by atoms with Crippen LogP contribution < -0.4 is 14.2 Å². The molecule has 0 heterocycles. The number of rotatable bonds is 10. The number of hydrogen-bond donors (Lipinski definition) is 2. The highest BCUT2D eigenvalue weighted by molar-refractivity contribution is 6.11. The van der Waals surface area contributed by atoms with Gasteiger partial charge in [-0.05, 0) is 43.2 Å². The number of aliphatic hydroxyl groups excluding tert-OH is 2. The molecule has 172 valence electrons. The third-order valence-corrected chi connectivity index (χ3v) is 5.66. The highest BCUT2D eigenvalue weighted by Gasteiger charge is 2.18. The summed E-state index contributed by atoms with van der Waals surface area (Å²) in [4.78, 5) is 0. The molecule has 5 nitrogen and oxygen atoms in total. The summed E-state index contributed by atoms with van der Waals surface area (Å²) in [6.45, 7) is 4.24. The van der Waals surface area contributed by atoms with Crippen LogP contribution in [0, 0.1) is 0 Å². The molecular weight excluding hydrogens is 416 g/mol. The molecule has 0 fully saturated rings. The quantitative estimate of drug-likeness (QED) is 0.289. The lowest BCUT2D eigenvalue weighted by atomic mass is 10.00. The Morgan fingerprint density at radius 3 is 1.70 bits per heavy atom. The van der Waals surface area contributed by atoms with Gasteiger partial charge in [-0.1, -0.05) is 56.3 Å². The summed E-state index contributed by atoms with van der Waals surface area (Å²) in [7, 11) is 0. The van der Waals surface area contributed by atoms with Crippen LogP contribution in [0.2, 0.25) is 0 Å². The second-order valence-electron chi connectivity index (χ2n) is 8.07. The second-order valence-corrected chi connectivity index (χ2v) is 8.07. The SMILES string of the molecule is CCC(O)COc1c2ccccc2c(OCC(O)CC)c2cc(Oc3ccccc3)ccc12. The van der Waals surface area contributed by atoms with Crippen molar-refractivity contribution in [2.45, 2.75) is 38.9 Å². The van der Waals surface area contributed by atoms with Crippen LogP contribution in [-0.2, 0) is 0 Å². The van der Waals surface area contributed by atoms with Crippen molar-refractivity contribution < 1.29 is 24.4 Å². The zero-order chi connectivity index (χ0) is 23.2. The number of hydrogen-bond acceptors (Lipinski definition) is 5. The van der Waals surface area contributed by atoms with Gasteiger partial charge < -0.3 is 24.4 Å². The van der Waals surface area contributed by atoms with Crippen LogP contribution in [0.25, 0.3) is 21.5 Å². The molecule has 4 rings (SSSR count). The largest absolute Gasteiger partial charge is 0.490 e. The van der Waals surface area contributed by atoms with Crippen molar-refractivity contribution in [1.82, 2.24) is 0 Å². The number of fused-ring (bicyclic) bond motifs is 2. The molecule has 2 atom stereocenters. The summed E-state index contributed by atoms with van der Waals surface area (Å²) in [6, 6.07) is 23.3. The molecule has 4 aromatic carbocycles. The fraction of sp³-hybridized carbons (Fsp3) is 0.286. The summed E-state index contributed by atoms with van der Waals surface area (Å²) in [6.07, 6.45) is 0.114. The molecule has 0 saturated carbocycles. The lowest BCUT2D eigenvalue weighted by Crippen LogP contribution is -2.17. The lowest BCUT2D eigenvalue weighted by molar-refractivity contribution is 0.105. The Kier molecular flexibility index (Phi) is 7.33. The minimum atomic E-state index is -0.557. The van der Waals surface area contributed by atoms with Crippen molar-refractivity contribution in [3.8, 4) is 23.0 Å². The molecular formula is C28H30O5. The number of ether oxygens (including phenoxy) is 3. The summed E-state index contributed by atoms with van der Waals surface area (Å²) in [5, 5.41) is 23.7. The minimum Gasteiger partial charge on any atom is -0.490 e. The Balaban J connectivity index is 1.87. The second kappa shape index (κ2) is 10.6. The van der Waals surface area contributed by atoms with E-state index >= 15 is 0 Å². The van der Waals surface area contributed by atoms with Gasteiger partial charge in [0, 0.05) is 21.5 Å². The monoisotopic (exact) mass is 446 g/mol. The van der Waals surface area contributed by atoms with Crippen molar-refractivity contribution in [2.24, 2.45) is 0 Å². The van der Waals surface area contributed by atoms with Crippen LogP contribution in [0.4, 0.5) is 0 Å². The average Bonchev–Trinajstić information content (AvgIpc) is 2.86. The Hall–Kier alpha value is -3.28. The van der Waals surface area contributed by atoms with E-state index in [1.807, 2.05) is 86.6 Å². The molecule has 2 N–H and O–H groups in total. The first-order valence-corrected chi connectivity index (χ1v) is 11.4. The fourth-order valence-electron chi connectivity index (χ4n) is 3.67. The maximum absolute atomic E-state index is 10.1. The summed E-state index contributed by atoms with van der Waals surface area (Å²) >= 11 is 0. The Morgan fingerprint density at radius 2 is 1.12 bits per heavy atom. The first-order valence-electron chi connectivity index (χ1n) is 11.4. The predicted molar refractivity (Wildman–Crippen MR) is 132 cm³/mol. The van der Waals surface area contributed by atoms with Gasteiger partial charge in [0.2, 0.25) is 0 Å². The van der Waals surface area contributed by atoms with Crippen molar-refractivity contribution in [1.29, 1.82) is 0 Å². The van der Waals surface area contributed by atoms with E-state index in [1.165, 1.54) is 0 Å². The van der Waals surface area contributed by atoms with Gasteiger partial charge in [0.05, 0.1) is 12.2 Å². The van der Waals surface area contributed by atoms with E-state index in [0.29, 0.717) is 30.1 Å². The number of benzene rings is 4. The van der Waals surface area contributed by atoms with Crippen LogP contribution in [0.1, 0.15) is 26.7 Å². The average molecular weight is 447 g/mol. The van der Waals surface area contributed by atoms with E-state index < -0.39 is 12.2 Å². The lowest BCUT2D eigenvalue weighted by Gasteiger charge is -2.20. The molecule has 5 heteroatoms. The van der Waals surface area contributed by atoms with Crippen molar-refractivity contribution in [3.05, 3.63) is 72.8 Å². The first-order chi connectivity index (χ1) is 16.1. The first kappa shape index (κ1) is 22.9. The van der Waals surface area contributed by atoms with E-state index in [0.717, 1.165) is 27.3 Å². The van der Waals surface area contributed by atoms with E-state index in [4.69, 9.17) is 14.2 Å². The smallest absolute Gasteiger partial charge is 0.135 e. The molecule has 0 amide bonds. The molecule has 2 unspecified atom stereocenters. The van der Waals surface area contributed by atoms with Crippen molar-refractivity contribution in [2.75, 3.05) is 13.2 Å². The van der Waals surface area contributed by atoms with E-state index in [-0.39, 0.29) is 13.2 Å². The molecule has 4 aromatic rings. The van der Waals surface area contributed by atoms with Crippen LogP contribution >= 0.6 is 0 Å². The van der Waals surface area contributed by atoms with Gasteiger partial charge in [-0.25, -0.2) is 0 Å². The van der Waals surface area contributed by atoms with Gasteiger partial charge in [-0.3, -0.25) is 0 Å². The van der Waals surface area contributed by atoms with Crippen molar-refractivity contribution in [3.63, 3.8) is 0 Å². The molecule has 0 aliphatic heterocycles. The maximum Gasteiger partial charge on any atom is 0.135 e. The van der Waals surface area contributed by atoms with Gasteiger partial charge in [0.15, 0.2) is 0 Å². The molecule has 0 bridgehead atoms. The maximum atomic E-state index is 10.1. The van der Waals surface area contributed by atoms with Gasteiger partial charge in [-0.15, -0.1) is 0 Å². The van der Waals surface area contributed by atoms with Gasteiger partial charge in [0.25, 0.3) is 0 Å². The van der Waals surface area contributed by atoms with E-state index in [1.54, 1.807) is 0 Å². The molecule has 0 aromatic heterocycles. The van der Waals surface area contributed by atoms with Crippen LogP contribution in [-0.4, -0.2) is 35.6 Å². The van der Waals surface area contributed by atoms with Crippen LogP contribution in [0.3, 0.4) is 0 Å². The highest BCUT2D eigenvalue weighted by Crippen LogP contribution is 2.44. The molecule has 0 radical (unpaired) electrons. The molecule has 0 spiro atoms. The summed E-state index contributed by atoms with van der Waals surface area (Å²) in [5.74, 6) is 2.78. The van der Waals surface area contributed by atoms with Gasteiger partial charge in [0.1, 0.15) is 36.2 Å². The highest BCUT2D eigenvalue weighted by atomic mass is 16.5. The molecule has 33 heavy (non-hydrogen) atoms. The Bertz CT molecular complexity index is 1210. The third kappa shape index (κ3) is 5.21. The predicted octanol–water partition coefficient (Wildman–Crippen LogP) is 6.08. The third-order valence-electron chi connectivity index (χ3n) is 5.66. The van der Waals surface area contributed by atoms with Crippen LogP contribution in [0.5, 0.6) is 23.0 Å². The number of para-hydroxylation sites is 1. The minimum absolute atomic E-state index is 0.189. The molecule has 0 saturated heterocycles. The molecule has 0 aliphatic rings. The van der Waals surface area contributed by atoms with Crippen molar-refractivity contribution >= 4 is 21.5 Å². The number of aliphatic hydroxyl groups is 2. The normalized spacial score (nSPS) is 13.1. The fourth-order valence-corrected chi connectivity index (χ4v) is 3.67. The topological polar surface area (TPSA) is 68.2 Å². The summed E-state index contributed by atoms with van der Waals surface area (Å²) in [5.41, 5.74) is 0. The van der Waals surface area contributed by atoms with Gasteiger partial charge in [-0.2, -0.15) is 0 Å². The van der Waals surface area contributed by atoms with E-state index in [9.17, 15) is 10.2 Å². The van der Waals surface area contributed by atoms with Crippen LogP contribution in [0.15, 0.2) is 72.8 Å². The Morgan fingerprint density at radius 1 is 0.606 bits per heavy atom. The van der Waals surface area contributed by atoms with Gasteiger partial charge >= 0.3 is 0 Å².